The van der Waals surface area contributed by atoms with E-state index in [0.717, 1.165) is 77.3 Å². The van der Waals surface area contributed by atoms with Crippen LogP contribution in [0.25, 0.3) is 76.9 Å². The highest BCUT2D eigenvalue weighted by atomic mass is 16.3. The van der Waals surface area contributed by atoms with Crippen molar-refractivity contribution >= 4 is 71.7 Å². The molecule has 0 saturated carbocycles. The summed E-state index contributed by atoms with van der Waals surface area (Å²) in [5, 5.41) is 6.59. The van der Waals surface area contributed by atoms with Crippen LogP contribution in [-0.2, 0) is 10.8 Å². The molecule has 65 heavy (non-hydrogen) atoms. The zero-order valence-electron chi connectivity index (χ0n) is 36.0. The Balaban J connectivity index is 1.11. The van der Waals surface area contributed by atoms with Gasteiger partial charge >= 0.3 is 0 Å². The Morgan fingerprint density at radius 3 is 1.75 bits per heavy atom. The Hall–Kier alpha value is -8.14. The van der Waals surface area contributed by atoms with Crippen molar-refractivity contribution in [1.82, 2.24) is 0 Å². The minimum atomic E-state index is -0.643. The number of rotatable bonds is 5. The number of fused-ring (bicyclic) bond motifs is 14. The largest absolute Gasteiger partial charge is 0.456 e. The summed E-state index contributed by atoms with van der Waals surface area (Å²) in [4.78, 5) is 2.48. The van der Waals surface area contributed by atoms with Crippen LogP contribution in [0, 0.1) is 0 Å². The van der Waals surface area contributed by atoms with Crippen LogP contribution < -0.4 is 4.90 Å². The normalized spacial score (nSPS) is 14.2. The first kappa shape index (κ1) is 36.4. The number of anilines is 3. The lowest BCUT2D eigenvalue weighted by Gasteiger charge is -2.35. The first-order valence-electron chi connectivity index (χ1n) is 22.6. The van der Waals surface area contributed by atoms with Crippen LogP contribution in [0.1, 0.15) is 47.2 Å². The summed E-state index contributed by atoms with van der Waals surface area (Å²) in [6.45, 7) is 4.72. The van der Waals surface area contributed by atoms with Crippen molar-refractivity contribution < 1.29 is 8.83 Å². The number of nitrogens with zero attached hydrogens (tertiary/aromatic N) is 1. The van der Waals surface area contributed by atoms with Gasteiger partial charge in [0.2, 0.25) is 0 Å². The molecule has 0 saturated heterocycles. The maximum atomic E-state index is 7.04. The second-order valence-corrected chi connectivity index (χ2v) is 18.4. The van der Waals surface area contributed by atoms with Crippen molar-refractivity contribution in [1.29, 1.82) is 0 Å². The molecular weight excluding hydrogens is 791 g/mol. The standard InChI is InChI=1S/C62H41NO2/c1-61(2)51-24-12-8-20-44(51)47-32-29-42(37-54(47)61)63(41-30-33-57-50(36-41)48-31-28-38-16-6-7-19-43(38)60(48)65-57)55-34-40(35-58-59(55)49-23-11-15-27-56(49)64-58)62(39-17-4-3-5-18-39)52-25-13-9-21-45(52)46-22-10-14-26-53(46)62/h3-37H,1-2H3. The number of benzene rings is 10. The number of furan rings is 2. The molecule has 0 bridgehead atoms. The van der Waals surface area contributed by atoms with E-state index in [1.54, 1.807) is 0 Å². The van der Waals surface area contributed by atoms with E-state index >= 15 is 0 Å². The molecule has 0 unspecified atom stereocenters. The minimum Gasteiger partial charge on any atom is -0.456 e. The van der Waals surface area contributed by atoms with Crippen LogP contribution in [0.4, 0.5) is 17.1 Å². The molecule has 0 fully saturated rings. The highest BCUT2D eigenvalue weighted by Crippen LogP contribution is 2.58. The van der Waals surface area contributed by atoms with E-state index < -0.39 is 5.41 Å². The molecule has 14 rings (SSSR count). The topological polar surface area (TPSA) is 29.5 Å². The SMILES string of the molecule is CC1(C)c2ccccc2-c2ccc(N(c3ccc4oc5c6ccccc6ccc5c4c3)c3cc(C4(c5ccccc5)c5ccccc5-c5ccccc54)cc4oc5ccccc5c34)cc21. The zero-order chi connectivity index (χ0) is 43.0. The van der Waals surface area contributed by atoms with Gasteiger partial charge in [-0.1, -0.05) is 172 Å². The zero-order valence-corrected chi connectivity index (χ0v) is 36.0. The van der Waals surface area contributed by atoms with Crippen molar-refractivity contribution in [3.63, 3.8) is 0 Å². The molecule has 0 aliphatic heterocycles. The smallest absolute Gasteiger partial charge is 0.143 e. The summed E-state index contributed by atoms with van der Waals surface area (Å²) >= 11 is 0. The van der Waals surface area contributed by atoms with Gasteiger partial charge in [0.15, 0.2) is 0 Å². The Labute approximate surface area is 376 Å². The molecule has 2 heterocycles. The van der Waals surface area contributed by atoms with Crippen molar-refractivity contribution in [2.45, 2.75) is 24.7 Å². The average Bonchev–Trinajstić information content (AvgIpc) is 4.08. The Kier molecular flexibility index (Phi) is 7.38. The maximum Gasteiger partial charge on any atom is 0.143 e. The van der Waals surface area contributed by atoms with Gasteiger partial charge in [0.05, 0.1) is 16.5 Å². The van der Waals surface area contributed by atoms with E-state index in [1.165, 1.54) is 50.1 Å². The molecule has 0 atom stereocenters. The highest BCUT2D eigenvalue weighted by Gasteiger charge is 2.47. The van der Waals surface area contributed by atoms with Crippen LogP contribution in [0.3, 0.4) is 0 Å². The summed E-state index contributed by atoms with van der Waals surface area (Å²) < 4.78 is 13.8. The average molecular weight is 832 g/mol. The predicted molar refractivity (Wildman–Crippen MR) is 268 cm³/mol. The molecule has 0 N–H and O–H groups in total. The lowest BCUT2D eigenvalue weighted by atomic mass is 9.67. The molecule has 0 amide bonds. The van der Waals surface area contributed by atoms with Gasteiger partial charge in [0.25, 0.3) is 0 Å². The van der Waals surface area contributed by atoms with Gasteiger partial charge < -0.3 is 13.7 Å². The molecule has 2 aromatic heterocycles. The monoisotopic (exact) mass is 831 g/mol. The fourth-order valence-electron chi connectivity index (χ4n) is 11.8. The summed E-state index contributed by atoms with van der Waals surface area (Å²) in [5.41, 5.74) is 18.4. The summed E-state index contributed by atoms with van der Waals surface area (Å²) in [6, 6.07) is 77.9. The Morgan fingerprint density at radius 1 is 0.369 bits per heavy atom. The van der Waals surface area contributed by atoms with Crippen molar-refractivity contribution in [2.24, 2.45) is 0 Å². The molecule has 3 nitrogen and oxygen atoms in total. The van der Waals surface area contributed by atoms with Crippen LogP contribution in [-0.4, -0.2) is 0 Å². The molecule has 3 heteroatoms. The van der Waals surface area contributed by atoms with E-state index in [-0.39, 0.29) is 5.41 Å². The quantitative estimate of drug-likeness (QED) is 0.173. The van der Waals surface area contributed by atoms with Gasteiger partial charge in [-0.3, -0.25) is 0 Å². The third-order valence-corrected chi connectivity index (χ3v) is 14.7. The fourth-order valence-corrected chi connectivity index (χ4v) is 11.8. The van der Waals surface area contributed by atoms with Gasteiger partial charge in [-0.2, -0.15) is 0 Å². The lowest BCUT2D eigenvalue weighted by Crippen LogP contribution is -2.29. The molecule has 12 aromatic rings. The Morgan fingerprint density at radius 2 is 0.969 bits per heavy atom. The molecule has 0 spiro atoms. The third-order valence-electron chi connectivity index (χ3n) is 14.7. The maximum absolute atomic E-state index is 7.04. The van der Waals surface area contributed by atoms with Crippen LogP contribution >= 0.6 is 0 Å². The van der Waals surface area contributed by atoms with Crippen LogP contribution in [0.15, 0.2) is 221 Å². The van der Waals surface area contributed by atoms with Crippen molar-refractivity contribution in [3.05, 3.63) is 246 Å². The molecular formula is C62H41NO2. The Bertz CT molecular complexity index is 3900. The first-order chi connectivity index (χ1) is 32.0. The van der Waals surface area contributed by atoms with E-state index in [1.807, 2.05) is 0 Å². The molecule has 306 valence electrons. The van der Waals surface area contributed by atoms with Crippen molar-refractivity contribution in [3.8, 4) is 22.3 Å². The van der Waals surface area contributed by atoms with Crippen molar-refractivity contribution in [2.75, 3.05) is 4.90 Å². The number of hydrogen-bond acceptors (Lipinski definition) is 3. The lowest BCUT2D eigenvalue weighted by molar-refractivity contribution is 0.660. The summed E-state index contributed by atoms with van der Waals surface area (Å²) in [6.07, 6.45) is 0. The second-order valence-electron chi connectivity index (χ2n) is 18.4. The first-order valence-corrected chi connectivity index (χ1v) is 22.6. The van der Waals surface area contributed by atoms with Gasteiger partial charge in [-0.25, -0.2) is 0 Å². The second kappa shape index (κ2) is 13.2. The molecule has 10 aromatic carbocycles. The highest BCUT2D eigenvalue weighted by molar-refractivity contribution is 6.17. The third kappa shape index (κ3) is 4.90. The van der Waals surface area contributed by atoms with Gasteiger partial charge in [0.1, 0.15) is 22.3 Å². The van der Waals surface area contributed by atoms with Gasteiger partial charge in [-0.15, -0.1) is 0 Å². The summed E-state index contributed by atoms with van der Waals surface area (Å²) in [5.74, 6) is 0. The van der Waals surface area contributed by atoms with E-state index in [4.69, 9.17) is 8.83 Å². The molecule has 0 radical (unpaired) electrons. The number of para-hydroxylation sites is 1. The number of hydrogen-bond donors (Lipinski definition) is 0. The summed E-state index contributed by atoms with van der Waals surface area (Å²) in [7, 11) is 0. The van der Waals surface area contributed by atoms with E-state index in [9.17, 15) is 0 Å². The predicted octanol–water partition coefficient (Wildman–Crippen LogP) is 16.8. The minimum absolute atomic E-state index is 0.201. The van der Waals surface area contributed by atoms with E-state index in [0.29, 0.717) is 0 Å². The van der Waals surface area contributed by atoms with Crippen LogP contribution in [0.5, 0.6) is 0 Å². The molecule has 2 aliphatic rings. The van der Waals surface area contributed by atoms with Crippen LogP contribution in [0.2, 0.25) is 0 Å². The van der Waals surface area contributed by atoms with Gasteiger partial charge in [-0.05, 0) is 116 Å². The van der Waals surface area contributed by atoms with Gasteiger partial charge in [0, 0.05) is 38.3 Å². The van der Waals surface area contributed by atoms with E-state index in [2.05, 4.69) is 231 Å². The fraction of sp³-hybridized carbons (Fsp3) is 0.0645. The molecule has 2 aliphatic carbocycles.